The van der Waals surface area contributed by atoms with Crippen LogP contribution >= 0.6 is 0 Å². The van der Waals surface area contributed by atoms with Crippen molar-refractivity contribution >= 4 is 5.91 Å². The summed E-state index contributed by atoms with van der Waals surface area (Å²) in [4.78, 5) is 10.6. The molecular weight excluding hydrogens is 192 g/mol. The van der Waals surface area contributed by atoms with E-state index in [1.54, 1.807) is 0 Å². The lowest BCUT2D eigenvalue weighted by atomic mass is 10.1. The highest BCUT2D eigenvalue weighted by atomic mass is 16.5. The summed E-state index contributed by atoms with van der Waals surface area (Å²) in [6, 6.07) is 0. The maximum atomic E-state index is 10.6. The molecule has 0 aromatic rings. The number of ether oxygens (including phenoxy) is 1. The van der Waals surface area contributed by atoms with Crippen molar-refractivity contribution in [1.29, 1.82) is 0 Å². The number of hydrogen-bond acceptors (Lipinski definition) is 3. The predicted octanol–water partition coefficient (Wildman–Crippen LogP) is 0.671. The maximum Gasteiger partial charge on any atom is 0.216 e. The average Bonchev–Trinajstić information content (AvgIpc) is 2.24. The molecule has 1 unspecified atom stereocenters. The van der Waals surface area contributed by atoms with Gasteiger partial charge in [0.2, 0.25) is 5.91 Å². The van der Waals surface area contributed by atoms with Crippen molar-refractivity contribution in [2.24, 2.45) is 0 Å². The highest BCUT2D eigenvalue weighted by Crippen LogP contribution is 2.14. The van der Waals surface area contributed by atoms with Gasteiger partial charge < -0.3 is 15.4 Å². The van der Waals surface area contributed by atoms with E-state index >= 15 is 0 Å². The fraction of sp³-hybridized carbons (Fsp3) is 0.909. The monoisotopic (exact) mass is 214 g/mol. The molecule has 1 heterocycles. The molecule has 1 aliphatic heterocycles. The Hall–Kier alpha value is -0.610. The smallest absolute Gasteiger partial charge is 0.216 e. The molecule has 1 fully saturated rings. The fourth-order valence-corrected chi connectivity index (χ4v) is 1.75. The van der Waals surface area contributed by atoms with Gasteiger partial charge >= 0.3 is 0 Å². The van der Waals surface area contributed by atoms with Crippen LogP contribution in [-0.4, -0.2) is 38.3 Å². The molecular formula is C11H22N2O2. The summed E-state index contributed by atoms with van der Waals surface area (Å²) in [5.41, 5.74) is 0. The molecule has 0 aromatic heterocycles. The average molecular weight is 214 g/mol. The van der Waals surface area contributed by atoms with Crippen LogP contribution < -0.4 is 10.6 Å². The third-order valence-corrected chi connectivity index (χ3v) is 2.59. The molecule has 0 radical (unpaired) electrons. The van der Waals surface area contributed by atoms with Crippen LogP contribution in [0.25, 0.3) is 0 Å². The van der Waals surface area contributed by atoms with Crippen LogP contribution in [-0.2, 0) is 9.53 Å². The molecule has 4 heteroatoms. The second-order valence-corrected chi connectivity index (χ2v) is 4.01. The Balaban J connectivity index is 1.85. The molecule has 1 saturated heterocycles. The minimum Gasteiger partial charge on any atom is -0.378 e. The Kier molecular flexibility index (Phi) is 6.36. The van der Waals surface area contributed by atoms with Crippen molar-refractivity contribution in [3.05, 3.63) is 0 Å². The minimum atomic E-state index is 0.0346. The Morgan fingerprint density at radius 3 is 2.87 bits per heavy atom. The first-order chi connectivity index (χ1) is 7.29. The van der Waals surface area contributed by atoms with Crippen molar-refractivity contribution in [1.82, 2.24) is 10.6 Å². The summed E-state index contributed by atoms with van der Waals surface area (Å²) < 4.78 is 5.61. The number of amides is 1. The second-order valence-electron chi connectivity index (χ2n) is 4.01. The number of rotatable bonds is 6. The van der Waals surface area contributed by atoms with Gasteiger partial charge in [0.05, 0.1) is 6.10 Å². The van der Waals surface area contributed by atoms with Crippen molar-refractivity contribution in [2.45, 2.75) is 38.7 Å². The molecule has 1 rings (SSSR count). The van der Waals surface area contributed by atoms with E-state index in [1.165, 1.54) is 26.2 Å². The van der Waals surface area contributed by atoms with Crippen LogP contribution in [0.1, 0.15) is 32.6 Å². The van der Waals surface area contributed by atoms with Gasteiger partial charge in [-0.25, -0.2) is 0 Å². The van der Waals surface area contributed by atoms with Crippen LogP contribution in [0.2, 0.25) is 0 Å². The molecule has 2 N–H and O–H groups in total. The van der Waals surface area contributed by atoms with Gasteiger partial charge in [-0.1, -0.05) is 0 Å². The van der Waals surface area contributed by atoms with E-state index in [9.17, 15) is 4.79 Å². The minimum absolute atomic E-state index is 0.0346. The van der Waals surface area contributed by atoms with Gasteiger partial charge in [0.15, 0.2) is 0 Å². The summed E-state index contributed by atoms with van der Waals surface area (Å²) >= 11 is 0. The first-order valence-electron chi connectivity index (χ1n) is 5.86. The van der Waals surface area contributed by atoms with Gasteiger partial charge in [0.1, 0.15) is 0 Å². The van der Waals surface area contributed by atoms with E-state index in [0.717, 1.165) is 26.1 Å². The highest BCUT2D eigenvalue weighted by Gasteiger charge is 2.12. The standard InChI is InChI=1S/C11H22N2O2/c1-10(14)13-8-7-12-6-5-11-4-2-3-9-15-11/h11-12H,2-9H2,1H3,(H,13,14). The lowest BCUT2D eigenvalue weighted by Crippen LogP contribution is -2.32. The van der Waals surface area contributed by atoms with Crippen molar-refractivity contribution in [2.75, 3.05) is 26.2 Å². The number of nitrogens with one attached hydrogen (secondary N) is 2. The predicted molar refractivity (Wildman–Crippen MR) is 59.8 cm³/mol. The summed E-state index contributed by atoms with van der Waals surface area (Å²) in [5, 5.41) is 6.04. The first kappa shape index (κ1) is 12.5. The molecule has 1 atom stereocenters. The molecule has 0 bridgehead atoms. The zero-order chi connectivity index (χ0) is 10.9. The molecule has 0 aliphatic carbocycles. The van der Waals surface area contributed by atoms with Crippen LogP contribution in [0.4, 0.5) is 0 Å². The topological polar surface area (TPSA) is 50.4 Å². The zero-order valence-corrected chi connectivity index (χ0v) is 9.55. The first-order valence-corrected chi connectivity index (χ1v) is 5.86. The number of hydrogen-bond donors (Lipinski definition) is 2. The van der Waals surface area contributed by atoms with Crippen LogP contribution in [0.3, 0.4) is 0 Å². The van der Waals surface area contributed by atoms with E-state index in [1.807, 2.05) is 0 Å². The van der Waals surface area contributed by atoms with Gasteiger partial charge in [-0.3, -0.25) is 4.79 Å². The summed E-state index contributed by atoms with van der Waals surface area (Å²) in [6.45, 7) is 4.99. The Bertz CT molecular complexity index is 179. The van der Waals surface area contributed by atoms with Crippen LogP contribution in [0.15, 0.2) is 0 Å². The summed E-state index contributed by atoms with van der Waals surface area (Å²) in [5.74, 6) is 0.0346. The Labute approximate surface area is 91.8 Å². The third-order valence-electron chi connectivity index (χ3n) is 2.59. The zero-order valence-electron chi connectivity index (χ0n) is 9.55. The van der Waals surface area contributed by atoms with Crippen LogP contribution in [0, 0.1) is 0 Å². The summed E-state index contributed by atoms with van der Waals surface area (Å²) in [7, 11) is 0. The van der Waals surface area contributed by atoms with E-state index in [4.69, 9.17) is 4.74 Å². The molecule has 4 nitrogen and oxygen atoms in total. The van der Waals surface area contributed by atoms with Crippen molar-refractivity contribution < 1.29 is 9.53 Å². The highest BCUT2D eigenvalue weighted by molar-refractivity contribution is 5.72. The molecule has 1 amide bonds. The van der Waals surface area contributed by atoms with Gasteiger partial charge in [-0.2, -0.15) is 0 Å². The normalized spacial score (nSPS) is 21.3. The Morgan fingerprint density at radius 2 is 2.20 bits per heavy atom. The third kappa shape index (κ3) is 6.47. The van der Waals surface area contributed by atoms with Gasteiger partial charge in [-0.05, 0) is 32.2 Å². The molecule has 88 valence electrons. The lowest BCUT2D eigenvalue weighted by molar-refractivity contribution is -0.118. The van der Waals surface area contributed by atoms with Crippen molar-refractivity contribution in [3.63, 3.8) is 0 Å². The van der Waals surface area contributed by atoms with E-state index in [2.05, 4.69) is 10.6 Å². The quantitative estimate of drug-likeness (QED) is 0.639. The lowest BCUT2D eigenvalue weighted by Gasteiger charge is -2.22. The summed E-state index contributed by atoms with van der Waals surface area (Å²) in [6.07, 6.45) is 5.25. The van der Waals surface area contributed by atoms with Crippen molar-refractivity contribution in [3.8, 4) is 0 Å². The number of carbonyl (C=O) groups excluding carboxylic acids is 1. The van der Waals surface area contributed by atoms with Gasteiger partial charge in [0.25, 0.3) is 0 Å². The van der Waals surface area contributed by atoms with E-state index in [-0.39, 0.29) is 5.91 Å². The molecule has 0 aromatic carbocycles. The van der Waals surface area contributed by atoms with E-state index in [0.29, 0.717) is 12.6 Å². The Morgan fingerprint density at radius 1 is 1.33 bits per heavy atom. The molecule has 1 aliphatic rings. The number of carbonyl (C=O) groups is 1. The molecule has 0 saturated carbocycles. The largest absolute Gasteiger partial charge is 0.378 e. The molecule has 15 heavy (non-hydrogen) atoms. The maximum absolute atomic E-state index is 10.6. The molecule has 0 spiro atoms. The second kappa shape index (κ2) is 7.65. The fourth-order valence-electron chi connectivity index (χ4n) is 1.75. The SMILES string of the molecule is CC(=O)NCCNCCC1CCCCO1. The van der Waals surface area contributed by atoms with Gasteiger partial charge in [-0.15, -0.1) is 0 Å². The van der Waals surface area contributed by atoms with Crippen LogP contribution in [0.5, 0.6) is 0 Å². The van der Waals surface area contributed by atoms with E-state index < -0.39 is 0 Å². The van der Waals surface area contributed by atoms with Gasteiger partial charge in [0, 0.05) is 26.6 Å².